The van der Waals surface area contributed by atoms with Crippen LogP contribution >= 0.6 is 0 Å². The molecule has 0 saturated carbocycles. The fourth-order valence-electron chi connectivity index (χ4n) is 2.07. The van der Waals surface area contributed by atoms with Crippen molar-refractivity contribution in [1.82, 2.24) is 10.3 Å². The minimum absolute atomic E-state index is 0.0537. The predicted molar refractivity (Wildman–Crippen MR) is 74.0 cm³/mol. The van der Waals surface area contributed by atoms with E-state index in [1.165, 1.54) is 12.1 Å². The van der Waals surface area contributed by atoms with Gasteiger partial charge < -0.3 is 15.5 Å². The molecule has 2 rings (SSSR count). The molecule has 1 aromatic heterocycles. The molecule has 0 bridgehead atoms. The molecule has 0 amide bonds. The second-order valence-electron chi connectivity index (χ2n) is 4.61. The normalized spacial score (nSPS) is 14.0. The van der Waals surface area contributed by atoms with Crippen LogP contribution in [0.5, 0.6) is 11.5 Å². The number of benzene rings is 1. The third-order valence-electron chi connectivity index (χ3n) is 3.11. The van der Waals surface area contributed by atoms with Crippen LogP contribution in [0.2, 0.25) is 0 Å². The molecule has 3 N–H and O–H groups in total. The lowest BCUT2D eigenvalue weighted by molar-refractivity contribution is 0.427. The van der Waals surface area contributed by atoms with Gasteiger partial charge in [0.2, 0.25) is 0 Å². The van der Waals surface area contributed by atoms with Crippen molar-refractivity contribution in [2.45, 2.75) is 25.9 Å². The SMILES string of the molecule is CC(NC(C)c1cc(O)ccc1O)c1ccccn1. The first-order chi connectivity index (χ1) is 9.08. The van der Waals surface area contributed by atoms with Gasteiger partial charge in [0.25, 0.3) is 0 Å². The maximum Gasteiger partial charge on any atom is 0.120 e. The Morgan fingerprint density at radius 2 is 1.84 bits per heavy atom. The first kappa shape index (κ1) is 13.4. The summed E-state index contributed by atoms with van der Waals surface area (Å²) in [7, 11) is 0. The van der Waals surface area contributed by atoms with Crippen molar-refractivity contribution in [2.75, 3.05) is 0 Å². The Balaban J connectivity index is 2.13. The molecule has 2 unspecified atom stereocenters. The summed E-state index contributed by atoms with van der Waals surface area (Å²) in [5.41, 5.74) is 1.61. The van der Waals surface area contributed by atoms with Crippen LogP contribution in [0.1, 0.15) is 37.2 Å². The van der Waals surface area contributed by atoms with E-state index >= 15 is 0 Å². The number of hydrogen-bond acceptors (Lipinski definition) is 4. The van der Waals surface area contributed by atoms with E-state index in [0.29, 0.717) is 5.56 Å². The van der Waals surface area contributed by atoms with Crippen LogP contribution in [0.25, 0.3) is 0 Å². The van der Waals surface area contributed by atoms with Gasteiger partial charge in [-0.15, -0.1) is 0 Å². The predicted octanol–water partition coefficient (Wildman–Crippen LogP) is 2.90. The van der Waals surface area contributed by atoms with Gasteiger partial charge in [0.15, 0.2) is 0 Å². The highest BCUT2D eigenvalue weighted by Gasteiger charge is 2.15. The van der Waals surface area contributed by atoms with Crippen molar-refractivity contribution in [3.63, 3.8) is 0 Å². The van der Waals surface area contributed by atoms with Crippen LogP contribution in [-0.4, -0.2) is 15.2 Å². The first-order valence-electron chi connectivity index (χ1n) is 6.27. The average Bonchev–Trinajstić information content (AvgIpc) is 2.42. The van der Waals surface area contributed by atoms with Crippen LogP contribution < -0.4 is 5.32 Å². The maximum absolute atomic E-state index is 9.82. The fraction of sp³-hybridized carbons (Fsp3) is 0.267. The molecule has 0 aliphatic rings. The lowest BCUT2D eigenvalue weighted by Gasteiger charge is -2.20. The van der Waals surface area contributed by atoms with Crippen molar-refractivity contribution in [3.8, 4) is 11.5 Å². The van der Waals surface area contributed by atoms with Gasteiger partial charge in [-0.05, 0) is 44.2 Å². The second-order valence-corrected chi connectivity index (χ2v) is 4.61. The molecular formula is C15H18N2O2. The number of nitrogens with zero attached hydrogens (tertiary/aromatic N) is 1. The van der Waals surface area contributed by atoms with Gasteiger partial charge in [0.05, 0.1) is 5.69 Å². The minimum atomic E-state index is -0.0934. The number of phenols is 2. The number of aromatic hydroxyl groups is 2. The Kier molecular flexibility index (Phi) is 4.02. The van der Waals surface area contributed by atoms with Gasteiger partial charge in [-0.2, -0.15) is 0 Å². The van der Waals surface area contributed by atoms with Crippen LogP contribution in [-0.2, 0) is 0 Å². The molecule has 0 saturated heterocycles. The van der Waals surface area contributed by atoms with Crippen molar-refractivity contribution >= 4 is 0 Å². The molecule has 19 heavy (non-hydrogen) atoms. The van der Waals surface area contributed by atoms with E-state index in [1.807, 2.05) is 32.0 Å². The summed E-state index contributed by atoms with van der Waals surface area (Å²) in [6.45, 7) is 3.95. The first-order valence-corrected chi connectivity index (χ1v) is 6.27. The van der Waals surface area contributed by atoms with Gasteiger partial charge in [0.1, 0.15) is 11.5 Å². The fourth-order valence-corrected chi connectivity index (χ4v) is 2.07. The van der Waals surface area contributed by atoms with E-state index in [2.05, 4.69) is 10.3 Å². The lowest BCUT2D eigenvalue weighted by atomic mass is 10.1. The molecule has 1 heterocycles. The molecule has 0 radical (unpaired) electrons. The standard InChI is InChI=1S/C15H18N2O2/c1-10(13-9-12(18)6-7-15(13)19)17-11(2)14-5-3-4-8-16-14/h3-11,17-19H,1-2H3. The quantitative estimate of drug-likeness (QED) is 0.738. The van der Waals surface area contributed by atoms with E-state index in [9.17, 15) is 10.2 Å². The summed E-state index contributed by atoms with van der Waals surface area (Å²) >= 11 is 0. The Labute approximate surface area is 112 Å². The topological polar surface area (TPSA) is 65.4 Å². The molecular weight excluding hydrogens is 240 g/mol. The van der Waals surface area contributed by atoms with E-state index < -0.39 is 0 Å². The molecule has 0 aliphatic carbocycles. The van der Waals surface area contributed by atoms with E-state index in [0.717, 1.165) is 5.69 Å². The number of pyridine rings is 1. The highest BCUT2D eigenvalue weighted by atomic mass is 16.3. The molecule has 2 atom stereocenters. The van der Waals surface area contributed by atoms with Crippen LogP contribution in [0.15, 0.2) is 42.6 Å². The van der Waals surface area contributed by atoms with E-state index in [1.54, 1.807) is 12.3 Å². The Hall–Kier alpha value is -2.07. The smallest absolute Gasteiger partial charge is 0.120 e. The Morgan fingerprint density at radius 3 is 2.53 bits per heavy atom. The van der Waals surface area contributed by atoms with Crippen molar-refractivity contribution in [2.24, 2.45) is 0 Å². The van der Waals surface area contributed by atoms with Gasteiger partial charge >= 0.3 is 0 Å². The van der Waals surface area contributed by atoms with Crippen molar-refractivity contribution in [3.05, 3.63) is 53.9 Å². The van der Waals surface area contributed by atoms with Crippen LogP contribution in [0, 0.1) is 0 Å². The van der Waals surface area contributed by atoms with Crippen LogP contribution in [0.3, 0.4) is 0 Å². The molecule has 4 heteroatoms. The van der Waals surface area contributed by atoms with E-state index in [4.69, 9.17) is 0 Å². The maximum atomic E-state index is 9.82. The van der Waals surface area contributed by atoms with Crippen molar-refractivity contribution in [1.29, 1.82) is 0 Å². The van der Waals surface area contributed by atoms with Gasteiger partial charge in [-0.3, -0.25) is 4.98 Å². The molecule has 4 nitrogen and oxygen atoms in total. The highest BCUT2D eigenvalue weighted by Crippen LogP contribution is 2.29. The number of phenolic OH excluding ortho intramolecular Hbond substituents is 2. The molecule has 0 aliphatic heterocycles. The Morgan fingerprint density at radius 1 is 1.05 bits per heavy atom. The summed E-state index contributed by atoms with van der Waals surface area (Å²) < 4.78 is 0. The molecule has 2 aromatic rings. The zero-order chi connectivity index (χ0) is 13.8. The number of nitrogens with one attached hydrogen (secondary N) is 1. The van der Waals surface area contributed by atoms with Crippen LogP contribution in [0.4, 0.5) is 0 Å². The summed E-state index contributed by atoms with van der Waals surface area (Å²) in [4.78, 5) is 4.29. The van der Waals surface area contributed by atoms with Gasteiger partial charge in [-0.25, -0.2) is 0 Å². The number of rotatable bonds is 4. The molecule has 100 valence electrons. The average molecular weight is 258 g/mol. The lowest BCUT2D eigenvalue weighted by Crippen LogP contribution is -2.23. The Bertz CT molecular complexity index is 543. The zero-order valence-electron chi connectivity index (χ0n) is 11.0. The van der Waals surface area contributed by atoms with Gasteiger partial charge in [-0.1, -0.05) is 6.07 Å². The number of aromatic nitrogens is 1. The second kappa shape index (κ2) is 5.71. The minimum Gasteiger partial charge on any atom is -0.508 e. The third-order valence-corrected chi connectivity index (χ3v) is 3.11. The largest absolute Gasteiger partial charge is 0.508 e. The summed E-state index contributed by atoms with van der Waals surface area (Å²) in [6, 6.07) is 10.3. The summed E-state index contributed by atoms with van der Waals surface area (Å²) in [5, 5.41) is 22.7. The van der Waals surface area contributed by atoms with Gasteiger partial charge in [0, 0.05) is 23.8 Å². The number of hydrogen-bond donors (Lipinski definition) is 3. The monoisotopic (exact) mass is 258 g/mol. The molecule has 1 aromatic carbocycles. The molecule has 0 fully saturated rings. The highest BCUT2D eigenvalue weighted by molar-refractivity contribution is 5.40. The summed E-state index contributed by atoms with van der Waals surface area (Å²) in [6.07, 6.45) is 1.75. The van der Waals surface area contributed by atoms with E-state index in [-0.39, 0.29) is 23.6 Å². The third kappa shape index (κ3) is 3.23. The van der Waals surface area contributed by atoms with Crippen molar-refractivity contribution < 1.29 is 10.2 Å². The zero-order valence-corrected chi connectivity index (χ0v) is 11.0. The summed E-state index contributed by atoms with van der Waals surface area (Å²) in [5.74, 6) is 0.318. The molecule has 0 spiro atoms.